The molecule has 0 saturated carbocycles. The maximum Gasteiger partial charge on any atom is 0.246 e. The first-order chi connectivity index (χ1) is 8.66. The molecule has 2 rings (SSSR count). The molecule has 1 aliphatic heterocycles. The summed E-state index contributed by atoms with van der Waals surface area (Å²) in [6.07, 6.45) is 4.51. The minimum absolute atomic E-state index is 0.0117. The van der Waals surface area contributed by atoms with Crippen LogP contribution in [0.1, 0.15) is 18.4 Å². The molecule has 0 atom stereocenters. The first-order valence-corrected chi connectivity index (χ1v) is 6.85. The summed E-state index contributed by atoms with van der Waals surface area (Å²) in [5, 5.41) is 9.39. The van der Waals surface area contributed by atoms with Gasteiger partial charge in [-0.05, 0) is 30.5 Å². The summed E-state index contributed by atoms with van der Waals surface area (Å²) in [6, 6.07) is 7.77. The molecule has 0 spiro atoms. The van der Waals surface area contributed by atoms with Crippen molar-refractivity contribution in [3.63, 3.8) is 0 Å². The van der Waals surface area contributed by atoms with E-state index in [0.29, 0.717) is 25.9 Å². The lowest BCUT2D eigenvalue weighted by Gasteiger charge is -2.28. The molecule has 1 N–H and O–H groups in total. The molecule has 1 aromatic rings. The van der Waals surface area contributed by atoms with Crippen molar-refractivity contribution in [2.24, 2.45) is 0 Å². The zero-order chi connectivity index (χ0) is 13.0. The van der Waals surface area contributed by atoms with Crippen molar-refractivity contribution in [1.82, 2.24) is 4.90 Å². The highest BCUT2D eigenvalue weighted by Crippen LogP contribution is 2.17. The molecule has 4 heteroatoms. The monoisotopic (exact) mass is 309 g/mol. The molecule has 3 nitrogen and oxygen atoms in total. The number of piperidine rings is 1. The van der Waals surface area contributed by atoms with Crippen LogP contribution >= 0.6 is 15.9 Å². The minimum Gasteiger partial charge on any atom is -0.393 e. The van der Waals surface area contributed by atoms with Crippen LogP contribution in [0.2, 0.25) is 0 Å². The van der Waals surface area contributed by atoms with Gasteiger partial charge in [-0.1, -0.05) is 34.1 Å². The number of hydrogen-bond donors (Lipinski definition) is 1. The number of benzene rings is 1. The van der Waals surface area contributed by atoms with Crippen molar-refractivity contribution in [3.8, 4) is 0 Å². The molecule has 96 valence electrons. The molecule has 0 aliphatic carbocycles. The van der Waals surface area contributed by atoms with Crippen LogP contribution in [0.4, 0.5) is 0 Å². The third-order valence-electron chi connectivity index (χ3n) is 3.09. The fourth-order valence-electron chi connectivity index (χ4n) is 1.96. The summed E-state index contributed by atoms with van der Waals surface area (Å²) in [6.45, 7) is 1.28. The van der Waals surface area contributed by atoms with Gasteiger partial charge in [0.25, 0.3) is 0 Å². The zero-order valence-corrected chi connectivity index (χ0v) is 11.6. The van der Waals surface area contributed by atoms with E-state index in [-0.39, 0.29) is 12.0 Å². The Labute approximate surface area is 115 Å². The first-order valence-electron chi connectivity index (χ1n) is 6.06. The Bertz CT molecular complexity index is 451. The molecule has 0 unspecified atom stereocenters. The Morgan fingerprint density at radius 1 is 1.33 bits per heavy atom. The van der Waals surface area contributed by atoms with Crippen molar-refractivity contribution in [2.45, 2.75) is 18.9 Å². The molecule has 1 fully saturated rings. The average molecular weight is 310 g/mol. The van der Waals surface area contributed by atoms with Crippen LogP contribution in [0.15, 0.2) is 34.8 Å². The number of carbonyl (C=O) groups excluding carboxylic acids is 1. The fourth-order valence-corrected chi connectivity index (χ4v) is 2.38. The van der Waals surface area contributed by atoms with E-state index in [1.807, 2.05) is 30.3 Å². The first kappa shape index (κ1) is 13.3. The van der Waals surface area contributed by atoms with E-state index in [2.05, 4.69) is 15.9 Å². The Morgan fingerprint density at radius 3 is 2.67 bits per heavy atom. The lowest BCUT2D eigenvalue weighted by atomic mass is 10.1. The van der Waals surface area contributed by atoms with Gasteiger partial charge in [-0.25, -0.2) is 0 Å². The predicted molar refractivity (Wildman–Crippen MR) is 75.0 cm³/mol. The summed E-state index contributed by atoms with van der Waals surface area (Å²) in [5.74, 6) is 0.0117. The second kappa shape index (κ2) is 6.16. The van der Waals surface area contributed by atoms with Crippen molar-refractivity contribution in [2.75, 3.05) is 13.1 Å². The van der Waals surface area contributed by atoms with Crippen molar-refractivity contribution >= 4 is 27.9 Å². The van der Waals surface area contributed by atoms with E-state index in [1.165, 1.54) is 0 Å². The normalized spacial score (nSPS) is 17.3. The van der Waals surface area contributed by atoms with E-state index >= 15 is 0 Å². The van der Waals surface area contributed by atoms with Gasteiger partial charge >= 0.3 is 0 Å². The number of nitrogens with zero attached hydrogens (tertiary/aromatic N) is 1. The number of halogens is 1. The highest BCUT2D eigenvalue weighted by atomic mass is 79.9. The van der Waals surface area contributed by atoms with Crippen molar-refractivity contribution in [3.05, 3.63) is 40.4 Å². The SMILES string of the molecule is O=C(C=Cc1ccccc1Br)N1CCC(O)CC1. The lowest BCUT2D eigenvalue weighted by Crippen LogP contribution is -2.39. The lowest BCUT2D eigenvalue weighted by molar-refractivity contribution is -0.127. The fraction of sp³-hybridized carbons (Fsp3) is 0.357. The molecule has 1 saturated heterocycles. The van der Waals surface area contributed by atoms with Gasteiger partial charge in [0.1, 0.15) is 0 Å². The molecule has 18 heavy (non-hydrogen) atoms. The van der Waals surface area contributed by atoms with Gasteiger partial charge in [0.05, 0.1) is 6.10 Å². The molecule has 1 aromatic carbocycles. The molecule has 0 aromatic heterocycles. The number of amides is 1. The molecule has 0 radical (unpaired) electrons. The van der Waals surface area contributed by atoms with E-state index in [4.69, 9.17) is 0 Å². The number of carbonyl (C=O) groups is 1. The van der Waals surface area contributed by atoms with Crippen LogP contribution in [0.5, 0.6) is 0 Å². The molecule has 1 heterocycles. The third kappa shape index (κ3) is 3.43. The highest BCUT2D eigenvalue weighted by molar-refractivity contribution is 9.10. The van der Waals surface area contributed by atoms with E-state index in [0.717, 1.165) is 10.0 Å². The van der Waals surface area contributed by atoms with Gasteiger partial charge in [0.15, 0.2) is 0 Å². The van der Waals surface area contributed by atoms with Crippen LogP contribution in [0.3, 0.4) is 0 Å². The van der Waals surface area contributed by atoms with E-state index in [1.54, 1.807) is 11.0 Å². The molecular weight excluding hydrogens is 294 g/mol. The summed E-state index contributed by atoms with van der Waals surface area (Å²) in [4.78, 5) is 13.7. The quantitative estimate of drug-likeness (QED) is 0.853. The number of hydrogen-bond acceptors (Lipinski definition) is 2. The zero-order valence-electron chi connectivity index (χ0n) is 10.1. The summed E-state index contributed by atoms with van der Waals surface area (Å²) in [5.41, 5.74) is 0.989. The number of aliphatic hydroxyl groups is 1. The van der Waals surface area contributed by atoms with E-state index < -0.39 is 0 Å². The Hall–Kier alpha value is -1.13. The van der Waals surface area contributed by atoms with Gasteiger partial charge in [-0.2, -0.15) is 0 Å². The molecule has 0 bridgehead atoms. The van der Waals surface area contributed by atoms with Crippen molar-refractivity contribution in [1.29, 1.82) is 0 Å². The van der Waals surface area contributed by atoms with E-state index in [9.17, 15) is 9.90 Å². The number of likely N-dealkylation sites (tertiary alicyclic amines) is 1. The van der Waals surface area contributed by atoms with Crippen molar-refractivity contribution < 1.29 is 9.90 Å². The standard InChI is InChI=1S/C14H16BrNO2/c15-13-4-2-1-3-11(13)5-6-14(18)16-9-7-12(17)8-10-16/h1-6,12,17H,7-10H2. The summed E-state index contributed by atoms with van der Waals surface area (Å²) in [7, 11) is 0. The molecule has 1 aliphatic rings. The molecule has 1 amide bonds. The van der Waals surface area contributed by atoms with Gasteiger partial charge < -0.3 is 10.0 Å². The Balaban J connectivity index is 1.97. The Morgan fingerprint density at radius 2 is 2.00 bits per heavy atom. The molecular formula is C14H16BrNO2. The second-order valence-corrected chi connectivity index (χ2v) is 5.27. The van der Waals surface area contributed by atoms with Gasteiger partial charge in [-0.3, -0.25) is 4.79 Å². The predicted octanol–water partition coefficient (Wildman–Crippen LogP) is 2.45. The van der Waals surface area contributed by atoms with Crippen LogP contribution in [0, 0.1) is 0 Å². The van der Waals surface area contributed by atoms with Gasteiger partial charge in [-0.15, -0.1) is 0 Å². The van der Waals surface area contributed by atoms with Crippen LogP contribution in [0.25, 0.3) is 6.08 Å². The second-order valence-electron chi connectivity index (χ2n) is 4.41. The third-order valence-corrected chi connectivity index (χ3v) is 3.81. The smallest absolute Gasteiger partial charge is 0.246 e. The largest absolute Gasteiger partial charge is 0.393 e. The van der Waals surface area contributed by atoms with Gasteiger partial charge in [0.2, 0.25) is 5.91 Å². The minimum atomic E-state index is -0.249. The summed E-state index contributed by atoms with van der Waals surface area (Å²) < 4.78 is 0.975. The van der Waals surface area contributed by atoms with Crippen LogP contribution < -0.4 is 0 Å². The van der Waals surface area contributed by atoms with Crippen LogP contribution in [-0.2, 0) is 4.79 Å². The topological polar surface area (TPSA) is 40.5 Å². The highest BCUT2D eigenvalue weighted by Gasteiger charge is 2.19. The number of aliphatic hydroxyl groups excluding tert-OH is 1. The maximum atomic E-state index is 11.9. The van der Waals surface area contributed by atoms with Gasteiger partial charge in [0, 0.05) is 23.6 Å². The number of rotatable bonds is 2. The van der Waals surface area contributed by atoms with Crippen LogP contribution in [-0.4, -0.2) is 35.1 Å². The summed E-state index contributed by atoms with van der Waals surface area (Å²) >= 11 is 3.44. The maximum absolute atomic E-state index is 11.9. The average Bonchev–Trinajstić information content (AvgIpc) is 2.38. The Kier molecular flexibility index (Phi) is 4.55.